The van der Waals surface area contributed by atoms with Gasteiger partial charge in [-0.25, -0.2) is 0 Å². The number of carbonyl (C=O) groups excluding carboxylic acids is 1. The minimum Gasteiger partial charge on any atom is -0.505 e. The molecule has 2 rings (SSSR count). The molecule has 0 aromatic heterocycles. The van der Waals surface area contributed by atoms with Crippen LogP contribution in [0.2, 0.25) is 10.0 Å². The Labute approximate surface area is 127 Å². The van der Waals surface area contributed by atoms with E-state index in [1.807, 2.05) is 0 Å². The van der Waals surface area contributed by atoms with E-state index >= 15 is 0 Å². The number of alkyl halides is 3. The maximum atomic E-state index is 12.9. The van der Waals surface area contributed by atoms with Gasteiger partial charge in [-0.3, -0.25) is 4.79 Å². The molecule has 0 aliphatic rings. The Morgan fingerprint density at radius 1 is 1.05 bits per heavy atom. The molecule has 0 saturated carbocycles. The fourth-order valence-corrected chi connectivity index (χ4v) is 2.27. The summed E-state index contributed by atoms with van der Waals surface area (Å²) in [5, 5.41) is 8.99. The standard InChI is InChI=1S/C14H7Cl2F3O2/c15-10-5-7(6-11(16)13(10)21)12(20)8-3-1-2-4-9(8)14(17,18)19/h1-6,21H. The van der Waals surface area contributed by atoms with Crippen LogP contribution in [0.1, 0.15) is 21.5 Å². The summed E-state index contributed by atoms with van der Waals surface area (Å²) in [7, 11) is 0. The van der Waals surface area contributed by atoms with Gasteiger partial charge < -0.3 is 5.11 Å². The molecule has 0 bridgehead atoms. The first-order valence-corrected chi connectivity index (χ1v) is 6.36. The van der Waals surface area contributed by atoms with E-state index in [9.17, 15) is 23.1 Å². The fourth-order valence-electron chi connectivity index (χ4n) is 1.78. The topological polar surface area (TPSA) is 37.3 Å². The highest BCUT2D eigenvalue weighted by Gasteiger charge is 2.35. The molecule has 0 aliphatic carbocycles. The summed E-state index contributed by atoms with van der Waals surface area (Å²) in [5.74, 6) is -1.31. The van der Waals surface area contributed by atoms with Crippen molar-refractivity contribution in [3.05, 3.63) is 63.1 Å². The lowest BCUT2D eigenvalue weighted by atomic mass is 9.98. The van der Waals surface area contributed by atoms with Gasteiger partial charge in [0.1, 0.15) is 0 Å². The van der Waals surface area contributed by atoms with Crippen molar-refractivity contribution in [1.82, 2.24) is 0 Å². The van der Waals surface area contributed by atoms with E-state index in [2.05, 4.69) is 0 Å². The SMILES string of the molecule is O=C(c1cc(Cl)c(O)c(Cl)c1)c1ccccc1C(F)(F)F. The average Bonchev–Trinajstić information content (AvgIpc) is 2.42. The molecule has 0 aliphatic heterocycles. The average molecular weight is 335 g/mol. The van der Waals surface area contributed by atoms with E-state index in [-0.39, 0.29) is 15.6 Å². The number of phenols is 1. The molecule has 0 spiro atoms. The normalized spacial score (nSPS) is 11.5. The van der Waals surface area contributed by atoms with Crippen molar-refractivity contribution >= 4 is 29.0 Å². The molecule has 0 fully saturated rings. The fraction of sp³-hybridized carbons (Fsp3) is 0.0714. The van der Waals surface area contributed by atoms with Gasteiger partial charge >= 0.3 is 6.18 Å². The number of phenolic OH excluding ortho intramolecular Hbond substituents is 1. The van der Waals surface area contributed by atoms with Crippen molar-refractivity contribution in [3.8, 4) is 5.75 Å². The molecule has 7 heteroatoms. The molecule has 0 amide bonds. The maximum absolute atomic E-state index is 12.9. The van der Waals surface area contributed by atoms with Crippen molar-refractivity contribution < 1.29 is 23.1 Å². The summed E-state index contributed by atoms with van der Waals surface area (Å²) in [5.41, 5.74) is -1.70. The van der Waals surface area contributed by atoms with Crippen LogP contribution in [0, 0.1) is 0 Å². The Bertz CT molecular complexity index is 689. The second-order valence-electron chi connectivity index (χ2n) is 4.16. The van der Waals surface area contributed by atoms with E-state index in [4.69, 9.17) is 23.2 Å². The van der Waals surface area contributed by atoms with Crippen LogP contribution < -0.4 is 0 Å². The molecular weight excluding hydrogens is 328 g/mol. The number of benzene rings is 2. The highest BCUT2D eigenvalue weighted by molar-refractivity contribution is 6.37. The first kappa shape index (κ1) is 15.7. The lowest BCUT2D eigenvalue weighted by molar-refractivity contribution is -0.137. The van der Waals surface area contributed by atoms with Crippen LogP contribution in [0.5, 0.6) is 5.75 Å². The minimum absolute atomic E-state index is 0.139. The molecule has 0 radical (unpaired) electrons. The number of hydrogen-bond donors (Lipinski definition) is 1. The number of aromatic hydroxyl groups is 1. The summed E-state index contributed by atoms with van der Waals surface area (Å²) >= 11 is 11.3. The van der Waals surface area contributed by atoms with Crippen LogP contribution in [0.4, 0.5) is 13.2 Å². The van der Waals surface area contributed by atoms with Gasteiger partial charge in [-0.2, -0.15) is 13.2 Å². The number of carbonyl (C=O) groups is 1. The third-order valence-corrected chi connectivity index (χ3v) is 3.33. The van der Waals surface area contributed by atoms with Crippen molar-refractivity contribution in [2.45, 2.75) is 6.18 Å². The highest BCUT2D eigenvalue weighted by Crippen LogP contribution is 2.36. The first-order valence-electron chi connectivity index (χ1n) is 5.60. The maximum Gasteiger partial charge on any atom is 0.417 e. The van der Waals surface area contributed by atoms with E-state index in [1.54, 1.807) is 0 Å². The summed E-state index contributed by atoms with van der Waals surface area (Å²) in [6.07, 6.45) is -4.66. The quantitative estimate of drug-likeness (QED) is 0.789. The summed E-state index contributed by atoms with van der Waals surface area (Å²) in [6.45, 7) is 0. The van der Waals surface area contributed by atoms with Gasteiger partial charge in [-0.15, -0.1) is 0 Å². The van der Waals surface area contributed by atoms with Crippen LogP contribution in [0.25, 0.3) is 0 Å². The Morgan fingerprint density at radius 2 is 1.57 bits per heavy atom. The predicted octanol–water partition coefficient (Wildman–Crippen LogP) is 4.95. The number of ketones is 1. The van der Waals surface area contributed by atoms with Crippen LogP contribution in [-0.2, 0) is 6.18 Å². The minimum atomic E-state index is -4.66. The van der Waals surface area contributed by atoms with Crippen molar-refractivity contribution in [1.29, 1.82) is 0 Å². The van der Waals surface area contributed by atoms with Crippen LogP contribution >= 0.6 is 23.2 Å². The third-order valence-electron chi connectivity index (χ3n) is 2.76. The molecule has 0 atom stereocenters. The van der Waals surface area contributed by atoms with Crippen LogP contribution in [-0.4, -0.2) is 10.9 Å². The number of halogens is 5. The van der Waals surface area contributed by atoms with Gasteiger partial charge in [0, 0.05) is 11.1 Å². The molecule has 2 aromatic rings. The van der Waals surface area contributed by atoms with Crippen molar-refractivity contribution in [2.75, 3.05) is 0 Å². The Kier molecular flexibility index (Phi) is 4.16. The van der Waals surface area contributed by atoms with Gasteiger partial charge in [0.05, 0.1) is 15.6 Å². The van der Waals surface area contributed by atoms with Crippen LogP contribution in [0.3, 0.4) is 0 Å². The van der Waals surface area contributed by atoms with E-state index in [0.29, 0.717) is 0 Å². The molecular formula is C14H7Cl2F3O2. The first-order chi connectivity index (χ1) is 9.71. The molecule has 0 heterocycles. The van der Waals surface area contributed by atoms with E-state index in [1.165, 1.54) is 12.1 Å². The molecule has 110 valence electrons. The third kappa shape index (κ3) is 3.14. The van der Waals surface area contributed by atoms with E-state index < -0.39 is 28.8 Å². The van der Waals surface area contributed by atoms with Crippen molar-refractivity contribution in [2.24, 2.45) is 0 Å². The van der Waals surface area contributed by atoms with Gasteiger partial charge in [-0.1, -0.05) is 41.4 Å². The second-order valence-corrected chi connectivity index (χ2v) is 4.98. The molecule has 0 saturated heterocycles. The summed E-state index contributed by atoms with van der Waals surface area (Å²) in [6, 6.07) is 6.54. The van der Waals surface area contributed by atoms with Gasteiger partial charge in [0.25, 0.3) is 0 Å². The Morgan fingerprint density at radius 3 is 2.10 bits per heavy atom. The monoisotopic (exact) mass is 334 g/mol. The molecule has 21 heavy (non-hydrogen) atoms. The van der Waals surface area contributed by atoms with Crippen molar-refractivity contribution in [3.63, 3.8) is 0 Å². The zero-order chi connectivity index (χ0) is 15.8. The largest absolute Gasteiger partial charge is 0.505 e. The molecule has 1 N–H and O–H groups in total. The summed E-state index contributed by atoms with van der Waals surface area (Å²) < 4.78 is 38.7. The Hall–Kier alpha value is -1.72. The van der Waals surface area contributed by atoms with Crippen LogP contribution in [0.15, 0.2) is 36.4 Å². The number of rotatable bonds is 2. The molecule has 2 aromatic carbocycles. The zero-order valence-corrected chi connectivity index (χ0v) is 11.7. The lowest BCUT2D eigenvalue weighted by Crippen LogP contribution is -2.13. The second kappa shape index (κ2) is 5.58. The molecule has 2 nitrogen and oxygen atoms in total. The van der Waals surface area contributed by atoms with Gasteiger partial charge in [0.2, 0.25) is 0 Å². The predicted molar refractivity (Wildman–Crippen MR) is 73.0 cm³/mol. The lowest BCUT2D eigenvalue weighted by Gasteiger charge is -2.12. The van der Waals surface area contributed by atoms with E-state index in [0.717, 1.165) is 24.3 Å². The molecule has 0 unspecified atom stereocenters. The number of hydrogen-bond acceptors (Lipinski definition) is 2. The summed E-state index contributed by atoms with van der Waals surface area (Å²) in [4.78, 5) is 12.2. The zero-order valence-electron chi connectivity index (χ0n) is 10.2. The smallest absolute Gasteiger partial charge is 0.417 e. The van der Waals surface area contributed by atoms with Gasteiger partial charge in [-0.05, 0) is 18.2 Å². The highest BCUT2D eigenvalue weighted by atomic mass is 35.5. The Balaban J connectivity index is 2.56. The van der Waals surface area contributed by atoms with Gasteiger partial charge in [0.15, 0.2) is 11.5 Å².